The second-order valence-corrected chi connectivity index (χ2v) is 9.17. The van der Waals surface area contributed by atoms with Crippen LogP contribution in [0, 0.1) is 11.8 Å². The molecule has 7 nitrogen and oxygen atoms in total. The molecule has 140 valence electrons. The van der Waals surface area contributed by atoms with Crippen molar-refractivity contribution < 1.29 is 13.2 Å². The SMILES string of the molecule is CC1CCN(C(C)CNC(=O)N2CCC(CS(N)(=O)=O)CC2)CC1. The molecule has 0 aromatic carbocycles. The predicted molar refractivity (Wildman–Crippen MR) is 95.1 cm³/mol. The molecule has 2 fully saturated rings. The minimum atomic E-state index is -3.42. The van der Waals surface area contributed by atoms with Crippen molar-refractivity contribution in [2.24, 2.45) is 17.0 Å². The Morgan fingerprint density at radius 2 is 1.75 bits per heavy atom. The highest BCUT2D eigenvalue weighted by atomic mass is 32.2. The molecule has 2 rings (SSSR count). The lowest BCUT2D eigenvalue weighted by atomic mass is 9.98. The van der Waals surface area contributed by atoms with Gasteiger partial charge in [-0.05, 0) is 57.5 Å². The van der Waals surface area contributed by atoms with Crippen LogP contribution in [0.1, 0.15) is 39.5 Å². The van der Waals surface area contributed by atoms with Crippen molar-refractivity contribution in [2.75, 3.05) is 38.5 Å². The van der Waals surface area contributed by atoms with E-state index in [9.17, 15) is 13.2 Å². The van der Waals surface area contributed by atoms with Gasteiger partial charge in [-0.25, -0.2) is 18.4 Å². The summed E-state index contributed by atoms with van der Waals surface area (Å²) in [4.78, 5) is 16.5. The molecule has 0 saturated carbocycles. The van der Waals surface area contributed by atoms with Crippen LogP contribution in [-0.2, 0) is 10.0 Å². The summed E-state index contributed by atoms with van der Waals surface area (Å²) >= 11 is 0. The predicted octanol–water partition coefficient (Wildman–Crippen LogP) is 0.817. The maximum Gasteiger partial charge on any atom is 0.317 e. The van der Waals surface area contributed by atoms with Crippen LogP contribution in [0.2, 0.25) is 0 Å². The molecule has 0 bridgehead atoms. The molecule has 1 unspecified atom stereocenters. The summed E-state index contributed by atoms with van der Waals surface area (Å²) in [5.41, 5.74) is 0. The molecule has 0 spiro atoms. The van der Waals surface area contributed by atoms with E-state index in [0.717, 1.165) is 19.0 Å². The minimum absolute atomic E-state index is 0.0207. The number of urea groups is 1. The van der Waals surface area contributed by atoms with Gasteiger partial charge in [0.05, 0.1) is 5.75 Å². The first-order valence-corrected chi connectivity index (χ1v) is 10.7. The summed E-state index contributed by atoms with van der Waals surface area (Å²) in [6, 6.07) is 0.308. The zero-order chi connectivity index (χ0) is 17.7. The summed E-state index contributed by atoms with van der Waals surface area (Å²) in [5, 5.41) is 8.12. The lowest BCUT2D eigenvalue weighted by Crippen LogP contribution is -2.50. The molecular weight excluding hydrogens is 328 g/mol. The van der Waals surface area contributed by atoms with E-state index in [0.29, 0.717) is 38.5 Å². The molecule has 2 heterocycles. The highest BCUT2D eigenvalue weighted by Crippen LogP contribution is 2.19. The van der Waals surface area contributed by atoms with Gasteiger partial charge in [-0.1, -0.05) is 6.92 Å². The lowest BCUT2D eigenvalue weighted by molar-refractivity contribution is 0.139. The van der Waals surface area contributed by atoms with E-state index in [4.69, 9.17) is 5.14 Å². The molecule has 2 saturated heterocycles. The average molecular weight is 361 g/mol. The summed E-state index contributed by atoms with van der Waals surface area (Å²) in [5.74, 6) is 0.896. The number of hydrogen-bond donors (Lipinski definition) is 2. The fourth-order valence-corrected chi connectivity index (χ4v) is 4.57. The van der Waals surface area contributed by atoms with Gasteiger partial charge in [0.1, 0.15) is 0 Å². The normalized spacial score (nSPS) is 23.2. The number of amides is 2. The number of hydrogen-bond acceptors (Lipinski definition) is 4. The summed E-state index contributed by atoms with van der Waals surface area (Å²) in [6.45, 7) is 8.53. The van der Waals surface area contributed by atoms with Crippen molar-refractivity contribution in [2.45, 2.75) is 45.6 Å². The Hall–Kier alpha value is -0.860. The third-order valence-corrected chi connectivity index (χ3v) is 6.30. The molecule has 2 aliphatic rings. The van der Waals surface area contributed by atoms with E-state index >= 15 is 0 Å². The zero-order valence-corrected chi connectivity index (χ0v) is 15.7. The molecule has 0 radical (unpaired) electrons. The highest BCUT2D eigenvalue weighted by Gasteiger charge is 2.26. The number of primary sulfonamides is 1. The zero-order valence-electron chi connectivity index (χ0n) is 14.9. The van der Waals surface area contributed by atoms with Gasteiger partial charge in [-0.3, -0.25) is 4.90 Å². The monoisotopic (exact) mass is 360 g/mol. The first-order chi connectivity index (χ1) is 11.2. The maximum atomic E-state index is 12.3. The Morgan fingerprint density at radius 3 is 2.29 bits per heavy atom. The van der Waals surface area contributed by atoms with E-state index in [1.165, 1.54) is 12.8 Å². The van der Waals surface area contributed by atoms with Crippen molar-refractivity contribution >= 4 is 16.1 Å². The van der Waals surface area contributed by atoms with Gasteiger partial charge in [0.2, 0.25) is 10.0 Å². The Bertz CT molecular complexity index is 509. The fourth-order valence-electron chi connectivity index (χ4n) is 3.58. The highest BCUT2D eigenvalue weighted by molar-refractivity contribution is 7.89. The molecular formula is C16H32N4O3S. The Balaban J connectivity index is 1.68. The van der Waals surface area contributed by atoms with Gasteiger partial charge in [0.15, 0.2) is 0 Å². The molecule has 0 aromatic rings. The Labute approximate surface area is 146 Å². The van der Waals surface area contributed by atoms with Crippen LogP contribution in [0.15, 0.2) is 0 Å². The molecule has 8 heteroatoms. The quantitative estimate of drug-likeness (QED) is 0.758. The number of nitrogens with zero attached hydrogens (tertiary/aromatic N) is 2. The van der Waals surface area contributed by atoms with Gasteiger partial charge in [0.25, 0.3) is 0 Å². The van der Waals surface area contributed by atoms with Crippen LogP contribution < -0.4 is 10.5 Å². The van der Waals surface area contributed by atoms with Crippen molar-refractivity contribution in [1.82, 2.24) is 15.1 Å². The van der Waals surface area contributed by atoms with E-state index < -0.39 is 10.0 Å². The van der Waals surface area contributed by atoms with Gasteiger partial charge >= 0.3 is 6.03 Å². The third-order valence-electron chi connectivity index (χ3n) is 5.36. The average Bonchev–Trinajstić information content (AvgIpc) is 2.52. The number of nitrogens with one attached hydrogen (secondary N) is 1. The van der Waals surface area contributed by atoms with Crippen LogP contribution >= 0.6 is 0 Å². The molecule has 0 aromatic heterocycles. The third kappa shape index (κ3) is 6.22. The number of piperidine rings is 2. The fraction of sp³-hybridized carbons (Fsp3) is 0.938. The largest absolute Gasteiger partial charge is 0.336 e. The van der Waals surface area contributed by atoms with Gasteiger partial charge < -0.3 is 10.2 Å². The number of nitrogens with two attached hydrogens (primary N) is 1. The van der Waals surface area contributed by atoms with E-state index in [2.05, 4.69) is 24.1 Å². The summed E-state index contributed by atoms with van der Waals surface area (Å²) < 4.78 is 22.3. The topological polar surface area (TPSA) is 95.7 Å². The van der Waals surface area contributed by atoms with Gasteiger partial charge in [0, 0.05) is 25.7 Å². The van der Waals surface area contributed by atoms with Crippen molar-refractivity contribution in [3.8, 4) is 0 Å². The number of carbonyl (C=O) groups is 1. The number of rotatable bonds is 5. The van der Waals surface area contributed by atoms with Crippen molar-refractivity contribution in [1.29, 1.82) is 0 Å². The van der Waals surface area contributed by atoms with Crippen molar-refractivity contribution in [3.05, 3.63) is 0 Å². The molecule has 0 aliphatic carbocycles. The van der Waals surface area contributed by atoms with Crippen LogP contribution in [0.5, 0.6) is 0 Å². The lowest BCUT2D eigenvalue weighted by Gasteiger charge is -2.36. The molecule has 1 atom stereocenters. The Morgan fingerprint density at radius 1 is 1.17 bits per heavy atom. The second kappa shape index (κ2) is 8.49. The summed E-state index contributed by atoms with van der Waals surface area (Å²) in [7, 11) is -3.42. The number of sulfonamides is 1. The van der Waals surface area contributed by atoms with Crippen molar-refractivity contribution in [3.63, 3.8) is 0 Å². The standard InChI is InChI=1S/C16H32N4O3S/c1-13-3-7-19(8-4-13)14(2)11-18-16(21)20-9-5-15(6-10-20)12-24(17,22)23/h13-15H,3-12H2,1-2H3,(H,18,21)(H2,17,22,23). The second-order valence-electron chi connectivity index (χ2n) is 7.51. The summed E-state index contributed by atoms with van der Waals surface area (Å²) in [6.07, 6.45) is 3.86. The van der Waals surface area contributed by atoms with Crippen LogP contribution in [-0.4, -0.2) is 68.8 Å². The van der Waals surface area contributed by atoms with Crippen LogP contribution in [0.25, 0.3) is 0 Å². The molecule has 24 heavy (non-hydrogen) atoms. The molecule has 2 amide bonds. The van der Waals surface area contributed by atoms with E-state index in [1.54, 1.807) is 4.90 Å². The number of carbonyl (C=O) groups excluding carboxylic acids is 1. The Kier molecular flexibility index (Phi) is 6.88. The smallest absolute Gasteiger partial charge is 0.317 e. The minimum Gasteiger partial charge on any atom is -0.336 e. The molecule has 3 N–H and O–H groups in total. The van der Waals surface area contributed by atoms with Crippen LogP contribution in [0.3, 0.4) is 0 Å². The first kappa shape index (κ1) is 19.5. The van der Waals surface area contributed by atoms with E-state index in [-0.39, 0.29) is 17.7 Å². The van der Waals surface area contributed by atoms with E-state index in [1.807, 2.05) is 0 Å². The number of likely N-dealkylation sites (tertiary alicyclic amines) is 2. The first-order valence-electron chi connectivity index (χ1n) is 9.02. The maximum absolute atomic E-state index is 12.3. The van der Waals surface area contributed by atoms with Gasteiger partial charge in [-0.15, -0.1) is 0 Å². The molecule has 2 aliphatic heterocycles. The van der Waals surface area contributed by atoms with Gasteiger partial charge in [-0.2, -0.15) is 0 Å². The van der Waals surface area contributed by atoms with Crippen LogP contribution in [0.4, 0.5) is 4.79 Å².